The summed E-state index contributed by atoms with van der Waals surface area (Å²) in [6.07, 6.45) is 1.35. The van der Waals surface area contributed by atoms with Crippen molar-refractivity contribution in [3.8, 4) is 0 Å². The summed E-state index contributed by atoms with van der Waals surface area (Å²) >= 11 is 0. The third-order valence-corrected chi connectivity index (χ3v) is 4.02. The molecule has 4 heteroatoms. The summed E-state index contributed by atoms with van der Waals surface area (Å²) in [5, 5.41) is 0. The highest BCUT2D eigenvalue weighted by Crippen LogP contribution is 2.22. The molecule has 1 heterocycles. The van der Waals surface area contributed by atoms with Crippen LogP contribution in [-0.4, -0.2) is 31.2 Å². The highest BCUT2D eigenvalue weighted by atomic mass is 19.1. The van der Waals surface area contributed by atoms with Crippen molar-refractivity contribution in [2.45, 2.75) is 32.5 Å². The van der Waals surface area contributed by atoms with E-state index in [1.54, 1.807) is 7.11 Å². The highest BCUT2D eigenvalue weighted by Gasteiger charge is 2.26. The second-order valence-electron chi connectivity index (χ2n) is 5.41. The van der Waals surface area contributed by atoms with Gasteiger partial charge in [-0.05, 0) is 30.5 Å². The normalized spacial score (nSPS) is 24.6. The van der Waals surface area contributed by atoms with E-state index in [-0.39, 0.29) is 11.9 Å². The number of halogens is 1. The Hall–Kier alpha value is -0.970. The average Bonchev–Trinajstić information content (AvgIpc) is 2.43. The van der Waals surface area contributed by atoms with Gasteiger partial charge in [0.15, 0.2) is 0 Å². The minimum atomic E-state index is -0.157. The Morgan fingerprint density at radius 2 is 2.26 bits per heavy atom. The van der Waals surface area contributed by atoms with E-state index >= 15 is 0 Å². The number of ether oxygens (including phenoxy) is 1. The van der Waals surface area contributed by atoms with Crippen molar-refractivity contribution in [3.05, 3.63) is 35.1 Å². The van der Waals surface area contributed by atoms with E-state index in [2.05, 4.69) is 11.8 Å². The maximum atomic E-state index is 13.9. The maximum Gasteiger partial charge on any atom is 0.128 e. The molecule has 1 saturated heterocycles. The van der Waals surface area contributed by atoms with E-state index < -0.39 is 0 Å². The number of hydrogen-bond acceptors (Lipinski definition) is 3. The van der Waals surface area contributed by atoms with Gasteiger partial charge in [-0.25, -0.2) is 4.39 Å². The van der Waals surface area contributed by atoms with Crippen LogP contribution in [0.2, 0.25) is 0 Å². The topological polar surface area (TPSA) is 38.5 Å². The lowest BCUT2D eigenvalue weighted by atomic mass is 9.95. The number of piperidine rings is 1. The summed E-state index contributed by atoms with van der Waals surface area (Å²) in [6.45, 7) is 5.10. The Kier molecular flexibility index (Phi) is 4.91. The van der Waals surface area contributed by atoms with Crippen molar-refractivity contribution in [3.63, 3.8) is 0 Å². The van der Waals surface area contributed by atoms with Crippen LogP contribution in [0.25, 0.3) is 0 Å². The Morgan fingerprint density at radius 3 is 2.89 bits per heavy atom. The lowest BCUT2D eigenvalue weighted by Gasteiger charge is -2.36. The van der Waals surface area contributed by atoms with Gasteiger partial charge in [-0.3, -0.25) is 4.90 Å². The number of methoxy groups -OCH3 is 1. The fourth-order valence-electron chi connectivity index (χ4n) is 2.64. The Labute approximate surface area is 114 Å². The van der Waals surface area contributed by atoms with E-state index in [9.17, 15) is 4.39 Å². The number of hydrogen-bond donors (Lipinski definition) is 1. The highest BCUT2D eigenvalue weighted by molar-refractivity contribution is 5.24. The van der Waals surface area contributed by atoms with Gasteiger partial charge in [-0.1, -0.05) is 19.1 Å². The van der Waals surface area contributed by atoms with Crippen LogP contribution in [0.3, 0.4) is 0 Å². The first-order chi connectivity index (χ1) is 9.13. The molecule has 0 spiro atoms. The minimum Gasteiger partial charge on any atom is -0.380 e. The molecule has 0 saturated carbocycles. The van der Waals surface area contributed by atoms with Crippen molar-refractivity contribution in [1.29, 1.82) is 0 Å². The second kappa shape index (κ2) is 6.46. The smallest absolute Gasteiger partial charge is 0.128 e. The first kappa shape index (κ1) is 14.4. The molecule has 19 heavy (non-hydrogen) atoms. The van der Waals surface area contributed by atoms with E-state index in [4.69, 9.17) is 10.5 Å². The molecule has 0 aromatic heterocycles. The molecule has 1 aromatic carbocycles. The number of rotatable bonds is 4. The second-order valence-corrected chi connectivity index (χ2v) is 5.41. The molecular formula is C15H23FN2O. The summed E-state index contributed by atoms with van der Waals surface area (Å²) in [5.41, 5.74) is 7.08. The molecule has 0 amide bonds. The van der Waals surface area contributed by atoms with Gasteiger partial charge in [0, 0.05) is 32.3 Å². The van der Waals surface area contributed by atoms with Gasteiger partial charge in [-0.15, -0.1) is 0 Å². The molecule has 2 N–H and O–H groups in total. The van der Waals surface area contributed by atoms with Crippen molar-refractivity contribution >= 4 is 0 Å². The molecule has 1 aliphatic heterocycles. The third-order valence-electron chi connectivity index (χ3n) is 4.02. The van der Waals surface area contributed by atoms with Gasteiger partial charge in [0.2, 0.25) is 0 Å². The predicted octanol–water partition coefficient (Wildman–Crippen LogP) is 2.14. The zero-order valence-electron chi connectivity index (χ0n) is 11.7. The van der Waals surface area contributed by atoms with Gasteiger partial charge >= 0.3 is 0 Å². The average molecular weight is 266 g/mol. The summed E-state index contributed by atoms with van der Waals surface area (Å²) in [4.78, 5) is 2.26. The van der Waals surface area contributed by atoms with Crippen molar-refractivity contribution in [2.75, 3.05) is 20.2 Å². The third kappa shape index (κ3) is 3.53. The van der Waals surface area contributed by atoms with Crippen LogP contribution < -0.4 is 5.73 Å². The molecule has 1 fully saturated rings. The van der Waals surface area contributed by atoms with Crippen LogP contribution in [0.15, 0.2) is 18.2 Å². The largest absolute Gasteiger partial charge is 0.380 e. The fourth-order valence-corrected chi connectivity index (χ4v) is 2.64. The molecule has 0 radical (unpaired) electrons. The van der Waals surface area contributed by atoms with Gasteiger partial charge < -0.3 is 10.5 Å². The Bertz CT molecular complexity index is 425. The van der Waals surface area contributed by atoms with Crippen molar-refractivity contribution in [2.24, 2.45) is 11.7 Å². The zero-order chi connectivity index (χ0) is 13.8. The zero-order valence-corrected chi connectivity index (χ0v) is 11.7. The predicted molar refractivity (Wildman–Crippen MR) is 74.1 cm³/mol. The lowest BCUT2D eigenvalue weighted by Crippen LogP contribution is -2.43. The molecule has 2 rings (SSSR count). The van der Waals surface area contributed by atoms with Crippen molar-refractivity contribution in [1.82, 2.24) is 4.90 Å². The van der Waals surface area contributed by atoms with Crippen LogP contribution >= 0.6 is 0 Å². The number of likely N-dealkylation sites (tertiary alicyclic amines) is 1. The number of benzene rings is 1. The quantitative estimate of drug-likeness (QED) is 0.907. The van der Waals surface area contributed by atoms with Crippen LogP contribution in [0.5, 0.6) is 0 Å². The van der Waals surface area contributed by atoms with E-state index in [1.165, 1.54) is 6.07 Å². The Morgan fingerprint density at radius 1 is 1.47 bits per heavy atom. The van der Waals surface area contributed by atoms with Crippen molar-refractivity contribution < 1.29 is 9.13 Å². The van der Waals surface area contributed by atoms with Gasteiger partial charge in [-0.2, -0.15) is 0 Å². The number of nitrogens with zero attached hydrogens (tertiary/aromatic N) is 1. The maximum absolute atomic E-state index is 13.9. The standard InChI is InChI=1S/C15H23FN2O/c1-11-5-6-18(10-15(11)19-2)9-13-4-3-12(8-17)7-14(13)16/h3-4,7,11,15H,5-6,8-10,17H2,1-2H3. The van der Waals surface area contributed by atoms with Crippen LogP contribution in [0.1, 0.15) is 24.5 Å². The number of nitrogens with two attached hydrogens (primary N) is 1. The molecule has 0 bridgehead atoms. The van der Waals surface area contributed by atoms with E-state index in [1.807, 2.05) is 12.1 Å². The molecule has 106 valence electrons. The molecule has 0 aliphatic carbocycles. The molecule has 2 unspecified atom stereocenters. The van der Waals surface area contributed by atoms with E-state index in [0.29, 0.717) is 19.0 Å². The van der Waals surface area contributed by atoms with Crippen LogP contribution in [-0.2, 0) is 17.8 Å². The monoisotopic (exact) mass is 266 g/mol. The molecular weight excluding hydrogens is 243 g/mol. The summed E-state index contributed by atoms with van der Waals surface area (Å²) in [6, 6.07) is 5.28. The first-order valence-electron chi connectivity index (χ1n) is 6.86. The lowest BCUT2D eigenvalue weighted by molar-refractivity contribution is -0.00772. The van der Waals surface area contributed by atoms with E-state index in [0.717, 1.165) is 30.6 Å². The Balaban J connectivity index is 2.01. The van der Waals surface area contributed by atoms with Crippen LogP contribution in [0, 0.1) is 11.7 Å². The SMILES string of the molecule is COC1CN(Cc2ccc(CN)cc2F)CCC1C. The molecule has 2 atom stereocenters. The molecule has 1 aliphatic rings. The van der Waals surface area contributed by atoms with Crippen LogP contribution in [0.4, 0.5) is 4.39 Å². The summed E-state index contributed by atoms with van der Waals surface area (Å²) in [5.74, 6) is 0.418. The first-order valence-corrected chi connectivity index (χ1v) is 6.86. The molecule has 3 nitrogen and oxygen atoms in total. The minimum absolute atomic E-state index is 0.157. The fraction of sp³-hybridized carbons (Fsp3) is 0.600. The summed E-state index contributed by atoms with van der Waals surface area (Å²) < 4.78 is 19.4. The van der Waals surface area contributed by atoms with Gasteiger partial charge in [0.1, 0.15) is 5.82 Å². The molecule has 1 aromatic rings. The summed E-state index contributed by atoms with van der Waals surface area (Å²) in [7, 11) is 1.75. The van der Waals surface area contributed by atoms with Gasteiger partial charge in [0.25, 0.3) is 0 Å². The van der Waals surface area contributed by atoms with Gasteiger partial charge in [0.05, 0.1) is 6.10 Å².